The van der Waals surface area contributed by atoms with Crippen molar-refractivity contribution in [1.82, 2.24) is 9.88 Å². The molecule has 5 atom stereocenters. The molecule has 2 aromatic rings. The van der Waals surface area contributed by atoms with E-state index in [-0.39, 0.29) is 23.2 Å². The summed E-state index contributed by atoms with van der Waals surface area (Å²) in [7, 11) is 0. The van der Waals surface area contributed by atoms with Crippen molar-refractivity contribution in [3.8, 4) is 0 Å². The molecule has 1 aliphatic carbocycles. The van der Waals surface area contributed by atoms with Gasteiger partial charge in [-0.05, 0) is 61.1 Å². The number of benzene rings is 1. The van der Waals surface area contributed by atoms with Crippen molar-refractivity contribution in [2.75, 3.05) is 13.1 Å². The summed E-state index contributed by atoms with van der Waals surface area (Å²) in [4.78, 5) is 18.4. The van der Waals surface area contributed by atoms with E-state index < -0.39 is 6.10 Å². The van der Waals surface area contributed by atoms with Crippen LogP contribution in [0.5, 0.6) is 0 Å². The number of nitrogens with one attached hydrogen (secondary N) is 1. The number of aromatic nitrogens is 1. The summed E-state index contributed by atoms with van der Waals surface area (Å²) in [5.41, 5.74) is 11.0. The van der Waals surface area contributed by atoms with E-state index in [1.807, 2.05) is 0 Å². The van der Waals surface area contributed by atoms with Gasteiger partial charge in [0.25, 0.3) is 0 Å². The molecule has 5 heteroatoms. The third kappa shape index (κ3) is 2.55. The smallest absolute Gasteiger partial charge is 0.220 e. The second-order valence-corrected chi connectivity index (χ2v) is 9.40. The van der Waals surface area contributed by atoms with E-state index in [9.17, 15) is 9.90 Å². The Kier molecular flexibility index (Phi) is 3.72. The number of amides is 1. The van der Waals surface area contributed by atoms with Gasteiger partial charge in [-0.3, -0.25) is 9.69 Å². The number of aliphatic hydroxyl groups is 1. The van der Waals surface area contributed by atoms with E-state index >= 15 is 0 Å². The number of nitrogens with two attached hydrogens (primary N) is 1. The molecule has 0 radical (unpaired) electrons. The lowest BCUT2D eigenvalue weighted by Crippen LogP contribution is -2.58. The first-order chi connectivity index (χ1) is 12.9. The first-order valence-electron chi connectivity index (χ1n) is 10.2. The third-order valence-electron chi connectivity index (χ3n) is 7.53. The number of carbonyl (C=O) groups excluding carboxylic acids is 1. The monoisotopic (exact) mass is 367 g/mol. The summed E-state index contributed by atoms with van der Waals surface area (Å²) in [5.74, 6) is -0.238. The molecular weight excluding hydrogens is 338 g/mol. The van der Waals surface area contributed by atoms with E-state index in [2.05, 4.69) is 41.9 Å². The zero-order valence-electron chi connectivity index (χ0n) is 16.2. The molecule has 1 aromatic carbocycles. The number of aryl methyl sites for hydroxylation is 1. The van der Waals surface area contributed by atoms with Crippen LogP contribution in [0.4, 0.5) is 0 Å². The first-order valence-corrected chi connectivity index (χ1v) is 10.2. The fourth-order valence-electron chi connectivity index (χ4n) is 6.36. The fraction of sp³-hybridized carbons (Fsp3) is 0.591. The average molecular weight is 367 g/mol. The van der Waals surface area contributed by atoms with Crippen LogP contribution in [0.15, 0.2) is 18.2 Å². The van der Waals surface area contributed by atoms with Gasteiger partial charge in [-0.1, -0.05) is 19.1 Å². The minimum atomic E-state index is -0.420. The lowest BCUT2D eigenvalue weighted by atomic mass is 9.57. The van der Waals surface area contributed by atoms with Crippen molar-refractivity contribution in [3.05, 3.63) is 35.0 Å². The Balaban J connectivity index is 1.56. The fourth-order valence-corrected chi connectivity index (χ4v) is 6.36. The van der Waals surface area contributed by atoms with E-state index in [1.165, 1.54) is 27.7 Å². The molecule has 5 rings (SSSR count). The van der Waals surface area contributed by atoms with Crippen molar-refractivity contribution in [1.29, 1.82) is 0 Å². The summed E-state index contributed by atoms with van der Waals surface area (Å²) < 4.78 is 0. The number of rotatable bonds is 1. The summed E-state index contributed by atoms with van der Waals surface area (Å²) >= 11 is 0. The van der Waals surface area contributed by atoms with Gasteiger partial charge >= 0.3 is 0 Å². The van der Waals surface area contributed by atoms with Gasteiger partial charge in [0, 0.05) is 35.6 Å². The molecule has 1 aromatic heterocycles. The molecule has 2 fully saturated rings. The van der Waals surface area contributed by atoms with Gasteiger partial charge in [0.2, 0.25) is 5.91 Å². The molecule has 3 aliphatic rings. The number of primary amides is 1. The molecule has 5 nitrogen and oxygen atoms in total. The minimum Gasteiger partial charge on any atom is -0.393 e. The summed E-state index contributed by atoms with van der Waals surface area (Å²) in [6, 6.07) is 6.98. The van der Waals surface area contributed by atoms with Crippen molar-refractivity contribution in [3.63, 3.8) is 0 Å². The Morgan fingerprint density at radius 1 is 1.37 bits per heavy atom. The highest BCUT2D eigenvalue weighted by Crippen LogP contribution is 2.54. The van der Waals surface area contributed by atoms with E-state index in [4.69, 9.17) is 5.73 Å². The van der Waals surface area contributed by atoms with Crippen molar-refractivity contribution in [2.24, 2.45) is 23.0 Å². The van der Waals surface area contributed by atoms with Crippen LogP contribution in [0, 0.1) is 24.2 Å². The van der Waals surface area contributed by atoms with Crippen LogP contribution in [0.25, 0.3) is 10.9 Å². The number of piperidine rings is 1. The van der Waals surface area contributed by atoms with Crippen LogP contribution in [0.2, 0.25) is 0 Å². The highest BCUT2D eigenvalue weighted by atomic mass is 16.3. The molecule has 1 amide bonds. The lowest BCUT2D eigenvalue weighted by Gasteiger charge is -2.56. The maximum absolute atomic E-state index is 12.2. The van der Waals surface area contributed by atoms with Gasteiger partial charge in [0.1, 0.15) is 0 Å². The number of nitrogens with zero attached hydrogens (tertiary/aromatic N) is 1. The van der Waals surface area contributed by atoms with Crippen molar-refractivity contribution < 1.29 is 9.90 Å². The lowest BCUT2D eigenvalue weighted by molar-refractivity contribution is -0.140. The van der Waals surface area contributed by atoms with E-state index in [1.54, 1.807) is 0 Å². The zero-order valence-corrected chi connectivity index (χ0v) is 16.2. The predicted molar refractivity (Wildman–Crippen MR) is 105 cm³/mol. The molecule has 2 aliphatic heterocycles. The molecular formula is C22H29N3O2. The van der Waals surface area contributed by atoms with Crippen molar-refractivity contribution >= 4 is 16.8 Å². The number of carbonyl (C=O) groups is 1. The maximum Gasteiger partial charge on any atom is 0.220 e. The van der Waals surface area contributed by atoms with E-state index in [0.29, 0.717) is 12.5 Å². The van der Waals surface area contributed by atoms with Gasteiger partial charge in [-0.15, -0.1) is 0 Å². The second kappa shape index (κ2) is 5.82. The van der Waals surface area contributed by atoms with Crippen LogP contribution in [-0.4, -0.2) is 40.1 Å². The predicted octanol–water partition coefficient (Wildman–Crippen LogP) is 2.66. The maximum atomic E-state index is 12.2. The molecule has 0 bridgehead atoms. The Morgan fingerprint density at radius 2 is 2.19 bits per heavy atom. The normalized spacial score (nSPS) is 36.1. The highest BCUT2D eigenvalue weighted by Gasteiger charge is 2.53. The van der Waals surface area contributed by atoms with Gasteiger partial charge in [0.05, 0.1) is 12.1 Å². The van der Waals surface area contributed by atoms with Gasteiger partial charge in [0.15, 0.2) is 0 Å². The summed E-state index contributed by atoms with van der Waals surface area (Å²) in [6.45, 7) is 6.34. The molecule has 4 N–H and O–H groups in total. The zero-order chi connectivity index (χ0) is 18.9. The number of fused-ring (bicyclic) bond motifs is 6. The Bertz CT molecular complexity index is 920. The van der Waals surface area contributed by atoms with Crippen LogP contribution in [-0.2, 0) is 11.2 Å². The van der Waals surface area contributed by atoms with Crippen LogP contribution >= 0.6 is 0 Å². The Labute approximate surface area is 159 Å². The average Bonchev–Trinajstić information content (AvgIpc) is 2.96. The van der Waals surface area contributed by atoms with Crippen LogP contribution in [0.3, 0.4) is 0 Å². The highest BCUT2D eigenvalue weighted by molar-refractivity contribution is 5.85. The number of aliphatic hydroxyl groups excluding tert-OH is 1. The summed E-state index contributed by atoms with van der Waals surface area (Å²) in [6.07, 6.45) is 2.86. The molecule has 0 spiro atoms. The number of hydrogen-bond acceptors (Lipinski definition) is 3. The van der Waals surface area contributed by atoms with Crippen LogP contribution < -0.4 is 5.73 Å². The number of H-pyrrole nitrogens is 1. The van der Waals surface area contributed by atoms with Crippen LogP contribution in [0.1, 0.15) is 49.0 Å². The molecule has 1 saturated heterocycles. The topological polar surface area (TPSA) is 82.3 Å². The minimum absolute atomic E-state index is 0.0476. The molecule has 27 heavy (non-hydrogen) atoms. The largest absolute Gasteiger partial charge is 0.393 e. The second-order valence-electron chi connectivity index (χ2n) is 9.40. The molecule has 1 saturated carbocycles. The van der Waals surface area contributed by atoms with E-state index in [0.717, 1.165) is 32.4 Å². The van der Waals surface area contributed by atoms with Gasteiger partial charge in [-0.25, -0.2) is 0 Å². The Morgan fingerprint density at radius 3 is 2.96 bits per heavy atom. The standard InChI is InChI=1S/C22H29N3O2/c1-12-3-4-14-15-5-6-25-11-22(2)10-13(26)8-16(21(23)27)17(22)9-19(25)20(15)24-18(14)7-12/h3-4,7,13,16-17,19,24,26H,5-6,8-11H2,1-2H3,(H2,23,27)/t13-,16+,17+,19+,22+/m0/s1. The van der Waals surface area contributed by atoms with Gasteiger partial charge in [-0.2, -0.15) is 0 Å². The third-order valence-corrected chi connectivity index (χ3v) is 7.53. The SMILES string of the molecule is Cc1ccc2c3c([nH]c2c1)[C@H]1C[C@@H]2[C@H](C(N)=O)C[C@H](O)C[C@]2(C)CN1CC3. The first kappa shape index (κ1) is 17.3. The Hall–Kier alpha value is -1.85. The molecule has 3 heterocycles. The van der Waals surface area contributed by atoms with Crippen molar-refractivity contribution in [2.45, 2.75) is 51.7 Å². The summed E-state index contributed by atoms with van der Waals surface area (Å²) in [5, 5.41) is 11.7. The quantitative estimate of drug-likeness (QED) is 0.725. The number of hydrogen-bond donors (Lipinski definition) is 3. The molecule has 144 valence electrons. The van der Waals surface area contributed by atoms with Gasteiger partial charge < -0.3 is 15.8 Å². The number of aromatic amines is 1. The molecule has 0 unspecified atom stereocenters.